The second-order valence-electron chi connectivity index (χ2n) is 6.29. The number of carbonyl (C=O) groups is 1. The normalized spacial score (nSPS) is 18.1. The van der Waals surface area contributed by atoms with Gasteiger partial charge < -0.3 is 5.32 Å². The van der Waals surface area contributed by atoms with E-state index in [-0.39, 0.29) is 11.8 Å². The summed E-state index contributed by atoms with van der Waals surface area (Å²) in [5.74, 6) is -0.158. The Labute approximate surface area is 132 Å². The van der Waals surface area contributed by atoms with Crippen LogP contribution in [0.15, 0.2) is 24.5 Å². The predicted octanol–water partition coefficient (Wildman–Crippen LogP) is 1.10. The molecule has 0 bridgehead atoms. The number of hydrogen-bond donors (Lipinski definition) is 1. The van der Waals surface area contributed by atoms with Crippen LogP contribution in [0.2, 0.25) is 0 Å². The molecule has 0 radical (unpaired) electrons. The molecule has 0 atom stereocenters. The minimum absolute atomic E-state index is 0.0186. The van der Waals surface area contributed by atoms with Crippen LogP contribution in [-0.2, 0) is 20.4 Å². The average molecular weight is 325 g/mol. The second kappa shape index (κ2) is 6.34. The number of piperidine rings is 1. The Morgan fingerprint density at radius 3 is 2.32 bits per heavy atom. The van der Waals surface area contributed by atoms with Crippen LogP contribution in [0.25, 0.3) is 0 Å². The maximum absolute atomic E-state index is 12.4. The Kier molecular flexibility index (Phi) is 4.87. The molecule has 1 aliphatic heterocycles. The Bertz CT molecular complexity index is 621. The molecule has 0 aliphatic carbocycles. The van der Waals surface area contributed by atoms with Gasteiger partial charge in [0.15, 0.2) is 0 Å². The minimum Gasteiger partial charge on any atom is -0.347 e. The zero-order valence-corrected chi connectivity index (χ0v) is 14.1. The van der Waals surface area contributed by atoms with E-state index >= 15 is 0 Å². The van der Waals surface area contributed by atoms with Gasteiger partial charge in [-0.15, -0.1) is 0 Å². The summed E-state index contributed by atoms with van der Waals surface area (Å²) in [6.07, 6.45) is 5.73. The highest BCUT2D eigenvalue weighted by molar-refractivity contribution is 7.88. The number of rotatable bonds is 4. The maximum Gasteiger partial charge on any atom is 0.223 e. The molecule has 1 fully saturated rings. The highest BCUT2D eigenvalue weighted by Gasteiger charge is 2.32. The lowest BCUT2D eigenvalue weighted by Crippen LogP contribution is -2.47. The second-order valence-corrected chi connectivity index (χ2v) is 8.27. The van der Waals surface area contributed by atoms with Gasteiger partial charge in [0.2, 0.25) is 15.9 Å². The third-order valence-corrected chi connectivity index (χ3v) is 5.43. The van der Waals surface area contributed by atoms with E-state index < -0.39 is 15.6 Å². The van der Waals surface area contributed by atoms with E-state index in [9.17, 15) is 13.2 Å². The van der Waals surface area contributed by atoms with Crippen molar-refractivity contribution in [1.82, 2.24) is 14.6 Å². The summed E-state index contributed by atoms with van der Waals surface area (Å²) >= 11 is 0. The first-order chi connectivity index (χ1) is 10.2. The predicted molar refractivity (Wildman–Crippen MR) is 84.5 cm³/mol. The fraction of sp³-hybridized carbons (Fsp3) is 0.600. The van der Waals surface area contributed by atoms with Gasteiger partial charge in [-0.3, -0.25) is 9.78 Å². The molecular weight excluding hydrogens is 302 g/mol. The van der Waals surface area contributed by atoms with Gasteiger partial charge in [-0.05, 0) is 44.4 Å². The van der Waals surface area contributed by atoms with Crippen molar-refractivity contribution in [2.75, 3.05) is 19.3 Å². The van der Waals surface area contributed by atoms with Gasteiger partial charge in [0.25, 0.3) is 0 Å². The van der Waals surface area contributed by atoms with Crippen molar-refractivity contribution < 1.29 is 13.2 Å². The average Bonchev–Trinajstić information content (AvgIpc) is 2.47. The van der Waals surface area contributed by atoms with E-state index in [4.69, 9.17) is 0 Å². The zero-order chi connectivity index (χ0) is 16.4. The quantitative estimate of drug-likeness (QED) is 0.899. The molecule has 122 valence electrons. The van der Waals surface area contributed by atoms with Crippen molar-refractivity contribution in [3.63, 3.8) is 0 Å². The molecule has 1 saturated heterocycles. The van der Waals surface area contributed by atoms with Crippen LogP contribution >= 0.6 is 0 Å². The minimum atomic E-state index is -3.16. The third-order valence-electron chi connectivity index (χ3n) is 4.13. The van der Waals surface area contributed by atoms with Crippen molar-refractivity contribution >= 4 is 15.9 Å². The van der Waals surface area contributed by atoms with Crippen LogP contribution in [0, 0.1) is 5.92 Å². The van der Waals surface area contributed by atoms with Gasteiger partial charge >= 0.3 is 0 Å². The van der Waals surface area contributed by atoms with Crippen molar-refractivity contribution in [2.45, 2.75) is 32.2 Å². The molecular formula is C15H23N3O3S. The first-order valence-corrected chi connectivity index (χ1v) is 9.22. The van der Waals surface area contributed by atoms with Crippen LogP contribution in [-0.4, -0.2) is 43.0 Å². The molecule has 1 aliphatic rings. The molecule has 6 nitrogen and oxygen atoms in total. The molecule has 0 aromatic carbocycles. The van der Waals surface area contributed by atoms with Crippen LogP contribution in [0.3, 0.4) is 0 Å². The van der Waals surface area contributed by atoms with E-state index in [2.05, 4.69) is 10.3 Å². The molecule has 1 aromatic rings. The Morgan fingerprint density at radius 1 is 1.27 bits per heavy atom. The number of nitrogens with one attached hydrogen (secondary N) is 1. The summed E-state index contributed by atoms with van der Waals surface area (Å²) < 4.78 is 24.4. The number of sulfonamides is 1. The standard InChI is InChI=1S/C15H23N3O3S/c1-15(2,13-4-8-16-9-5-13)17-14(19)12-6-10-18(11-7-12)22(3,20)21/h4-5,8-9,12H,6-7,10-11H2,1-3H3,(H,17,19). The molecule has 22 heavy (non-hydrogen) atoms. The van der Waals surface area contributed by atoms with Gasteiger partial charge in [0.05, 0.1) is 11.8 Å². The summed E-state index contributed by atoms with van der Waals surface area (Å²) in [5.41, 5.74) is 0.512. The van der Waals surface area contributed by atoms with Crippen LogP contribution < -0.4 is 5.32 Å². The molecule has 7 heteroatoms. The first kappa shape index (κ1) is 16.9. The van der Waals surface area contributed by atoms with E-state index in [0.717, 1.165) is 5.56 Å². The number of hydrogen-bond acceptors (Lipinski definition) is 4. The molecule has 0 unspecified atom stereocenters. The molecule has 0 saturated carbocycles. The van der Waals surface area contributed by atoms with Gasteiger partial charge in [0, 0.05) is 31.4 Å². The van der Waals surface area contributed by atoms with Crippen LogP contribution in [0.4, 0.5) is 0 Å². The molecule has 1 aromatic heterocycles. The summed E-state index contributed by atoms with van der Waals surface area (Å²) in [6.45, 7) is 4.72. The van der Waals surface area contributed by atoms with E-state index in [1.54, 1.807) is 12.4 Å². The number of pyridine rings is 1. The number of nitrogens with zero attached hydrogens (tertiary/aromatic N) is 2. The summed E-state index contributed by atoms with van der Waals surface area (Å²) in [5, 5.41) is 3.06. The van der Waals surface area contributed by atoms with E-state index in [1.807, 2.05) is 26.0 Å². The van der Waals surface area contributed by atoms with Crippen molar-refractivity contribution in [1.29, 1.82) is 0 Å². The lowest BCUT2D eigenvalue weighted by atomic mass is 9.92. The van der Waals surface area contributed by atoms with Gasteiger partial charge in [0.1, 0.15) is 0 Å². The lowest BCUT2D eigenvalue weighted by Gasteiger charge is -2.33. The van der Waals surface area contributed by atoms with E-state index in [0.29, 0.717) is 25.9 Å². The van der Waals surface area contributed by atoms with Crippen molar-refractivity contribution in [3.8, 4) is 0 Å². The fourth-order valence-corrected chi connectivity index (χ4v) is 3.57. The topological polar surface area (TPSA) is 79.4 Å². The van der Waals surface area contributed by atoms with Gasteiger partial charge in [-0.1, -0.05) is 0 Å². The van der Waals surface area contributed by atoms with Crippen molar-refractivity contribution in [2.24, 2.45) is 5.92 Å². The summed E-state index contributed by atoms with van der Waals surface area (Å²) in [7, 11) is -3.16. The highest BCUT2D eigenvalue weighted by atomic mass is 32.2. The first-order valence-electron chi connectivity index (χ1n) is 7.38. The largest absolute Gasteiger partial charge is 0.347 e. The van der Waals surface area contributed by atoms with E-state index in [1.165, 1.54) is 10.6 Å². The molecule has 2 rings (SSSR count). The Balaban J connectivity index is 1.96. The number of amides is 1. The SMILES string of the molecule is CC(C)(NC(=O)C1CCN(S(C)(=O)=O)CC1)c1ccncc1. The number of aromatic nitrogens is 1. The lowest BCUT2D eigenvalue weighted by molar-refractivity contribution is -0.127. The number of carbonyl (C=O) groups excluding carboxylic acids is 1. The Morgan fingerprint density at radius 2 is 1.82 bits per heavy atom. The van der Waals surface area contributed by atoms with Crippen molar-refractivity contribution in [3.05, 3.63) is 30.1 Å². The summed E-state index contributed by atoms with van der Waals surface area (Å²) in [6, 6.07) is 3.76. The van der Waals surface area contributed by atoms with Gasteiger partial charge in [-0.2, -0.15) is 0 Å². The van der Waals surface area contributed by atoms with Crippen LogP contribution in [0.1, 0.15) is 32.3 Å². The fourth-order valence-electron chi connectivity index (χ4n) is 2.70. The maximum atomic E-state index is 12.4. The zero-order valence-electron chi connectivity index (χ0n) is 13.2. The van der Waals surface area contributed by atoms with Gasteiger partial charge in [-0.25, -0.2) is 12.7 Å². The Hall–Kier alpha value is -1.47. The molecule has 2 heterocycles. The monoisotopic (exact) mass is 325 g/mol. The molecule has 1 amide bonds. The van der Waals surface area contributed by atoms with Crippen LogP contribution in [0.5, 0.6) is 0 Å². The molecule has 1 N–H and O–H groups in total. The summed E-state index contributed by atoms with van der Waals surface area (Å²) in [4.78, 5) is 16.4. The smallest absolute Gasteiger partial charge is 0.223 e. The molecule has 0 spiro atoms. The highest BCUT2D eigenvalue weighted by Crippen LogP contribution is 2.23. The third kappa shape index (κ3) is 4.04.